The minimum atomic E-state index is -1.09. The van der Waals surface area contributed by atoms with E-state index in [1.807, 2.05) is 6.92 Å². The van der Waals surface area contributed by atoms with Gasteiger partial charge in [0.25, 0.3) is 5.91 Å². The molecule has 36 heavy (non-hydrogen) atoms. The molecule has 198 valence electrons. The minimum absolute atomic E-state index is 0.0392. The number of aliphatic carboxylic acids is 1. The first-order valence-electron chi connectivity index (χ1n) is 11.3. The first-order valence-corrected chi connectivity index (χ1v) is 12.0. The molecule has 3 rings (SSSR count). The van der Waals surface area contributed by atoms with Gasteiger partial charge in [-0.25, -0.2) is 4.79 Å². The molecule has 0 aliphatic carbocycles. The van der Waals surface area contributed by atoms with Gasteiger partial charge in [-0.2, -0.15) is 5.10 Å². The van der Waals surface area contributed by atoms with Crippen molar-refractivity contribution in [2.45, 2.75) is 58.4 Å². The Morgan fingerprint density at radius 2 is 2.00 bits per heavy atom. The molecule has 2 heterocycles. The number of anilines is 1. The van der Waals surface area contributed by atoms with E-state index in [4.69, 9.17) is 38.4 Å². The topological polar surface area (TPSA) is 140 Å². The molecule has 0 fully saturated rings. The molecular weight excluding hydrogens is 511 g/mol. The summed E-state index contributed by atoms with van der Waals surface area (Å²) in [6, 6.07) is 5.61. The van der Waals surface area contributed by atoms with Crippen molar-refractivity contribution in [1.29, 1.82) is 0 Å². The number of hydrogen-bond acceptors (Lipinski definition) is 7. The Hall–Kier alpha value is -2.79. The van der Waals surface area contributed by atoms with Gasteiger partial charge in [-0.1, -0.05) is 29.3 Å². The van der Waals surface area contributed by atoms with Gasteiger partial charge in [0, 0.05) is 25.3 Å². The summed E-state index contributed by atoms with van der Waals surface area (Å²) in [6.45, 7) is 8.03. The molecule has 1 aromatic carbocycles. The van der Waals surface area contributed by atoms with Crippen LogP contribution in [0, 0.1) is 0 Å². The fourth-order valence-electron chi connectivity index (χ4n) is 3.43. The Labute approximate surface area is 220 Å². The molecule has 0 spiro atoms. The van der Waals surface area contributed by atoms with E-state index in [9.17, 15) is 19.8 Å². The Morgan fingerprint density at radius 3 is 2.56 bits per heavy atom. The van der Waals surface area contributed by atoms with Crippen LogP contribution in [0.1, 0.15) is 34.1 Å². The molecule has 2 aromatic rings. The number of carbonyl (C=O) groups excluding carboxylic acids is 1. The number of ether oxygens (including phenoxy) is 2. The molecule has 2 atom stereocenters. The zero-order valence-corrected chi connectivity index (χ0v) is 22.2. The van der Waals surface area contributed by atoms with Gasteiger partial charge >= 0.3 is 5.97 Å². The average Bonchev–Trinajstić information content (AvgIpc) is 3.33. The molecule has 0 saturated carbocycles. The summed E-state index contributed by atoms with van der Waals surface area (Å²) in [4.78, 5) is 25.0. The Balaban J connectivity index is 0.000000346. The van der Waals surface area contributed by atoms with Crippen LogP contribution in [-0.2, 0) is 20.9 Å². The Morgan fingerprint density at radius 1 is 1.31 bits per heavy atom. The number of nitrogens with two attached hydrogens (primary N) is 1. The lowest BCUT2D eigenvalue weighted by Crippen LogP contribution is -2.44. The zero-order chi connectivity index (χ0) is 27.0. The highest BCUT2D eigenvalue weighted by molar-refractivity contribution is 6.42. The van der Waals surface area contributed by atoms with Gasteiger partial charge < -0.3 is 30.3 Å². The van der Waals surface area contributed by atoms with Crippen molar-refractivity contribution in [3.05, 3.63) is 52.3 Å². The number of carboxylic acid groups (broad SMARTS) is 1. The van der Waals surface area contributed by atoms with Crippen molar-refractivity contribution in [2.24, 2.45) is 0 Å². The summed E-state index contributed by atoms with van der Waals surface area (Å²) >= 11 is 12.0. The van der Waals surface area contributed by atoms with Crippen molar-refractivity contribution < 1.29 is 29.3 Å². The fraction of sp³-hybridized carbons (Fsp3) is 0.458. The van der Waals surface area contributed by atoms with Crippen LogP contribution in [0.25, 0.3) is 0 Å². The zero-order valence-electron chi connectivity index (χ0n) is 20.6. The van der Waals surface area contributed by atoms with Gasteiger partial charge in [-0.3, -0.25) is 9.48 Å². The van der Waals surface area contributed by atoms with Gasteiger partial charge in [0.1, 0.15) is 28.4 Å². The Bertz CT molecular complexity index is 1080. The highest BCUT2D eigenvalue weighted by atomic mass is 35.5. The number of rotatable bonds is 10. The first-order chi connectivity index (χ1) is 16.8. The summed E-state index contributed by atoms with van der Waals surface area (Å²) < 4.78 is 12.6. The maximum atomic E-state index is 12.2. The predicted octanol–water partition coefficient (Wildman–Crippen LogP) is 3.60. The van der Waals surface area contributed by atoms with E-state index in [1.165, 1.54) is 11.0 Å². The largest absolute Gasteiger partial charge is 0.480 e. The molecule has 1 aliphatic heterocycles. The van der Waals surface area contributed by atoms with E-state index in [2.05, 4.69) is 5.10 Å². The lowest BCUT2D eigenvalue weighted by Gasteiger charge is -2.26. The van der Waals surface area contributed by atoms with Crippen molar-refractivity contribution >= 4 is 40.9 Å². The monoisotopic (exact) mass is 542 g/mol. The van der Waals surface area contributed by atoms with Crippen LogP contribution in [0.4, 0.5) is 5.82 Å². The standard InChI is InChI=1S/C17H19Cl2NO5.C7H13N3O/c1-3-24-10(2)7-13(17(22)23)20-9-11(8-15(20)21)25-14-6-4-5-12(18)16(14)19;1-7(2,11)5-10-4-3-6(8)9-10/h4-6,8,10,13H,3,7,9H2,1-2H3,(H,22,23);3-4,11H,5H2,1-2H3,(H2,8,9)/t10-,13-;/m0./s1. The van der Waals surface area contributed by atoms with Gasteiger partial charge in [0.15, 0.2) is 0 Å². The first kappa shape index (κ1) is 29.4. The number of hydrogen-bond donors (Lipinski definition) is 3. The minimum Gasteiger partial charge on any atom is -0.480 e. The van der Waals surface area contributed by atoms with E-state index in [0.29, 0.717) is 35.5 Å². The molecule has 0 radical (unpaired) electrons. The highest BCUT2D eigenvalue weighted by Gasteiger charge is 2.35. The van der Waals surface area contributed by atoms with E-state index >= 15 is 0 Å². The number of nitrogen functional groups attached to an aromatic ring is 1. The van der Waals surface area contributed by atoms with E-state index in [0.717, 1.165) is 0 Å². The summed E-state index contributed by atoms with van der Waals surface area (Å²) in [5.74, 6) is -0.414. The van der Waals surface area contributed by atoms with Crippen LogP contribution in [0.3, 0.4) is 0 Å². The normalized spacial score (nSPS) is 15.1. The van der Waals surface area contributed by atoms with Crippen molar-refractivity contribution in [1.82, 2.24) is 14.7 Å². The summed E-state index contributed by atoms with van der Waals surface area (Å²) in [5, 5.41) is 23.3. The van der Waals surface area contributed by atoms with Crippen molar-refractivity contribution in [3.8, 4) is 5.75 Å². The molecule has 0 bridgehead atoms. The van der Waals surface area contributed by atoms with Crippen LogP contribution < -0.4 is 10.5 Å². The number of amides is 1. The lowest BCUT2D eigenvalue weighted by molar-refractivity contribution is -0.149. The number of aromatic nitrogens is 2. The predicted molar refractivity (Wildman–Crippen MR) is 137 cm³/mol. The third kappa shape index (κ3) is 9.02. The molecule has 1 amide bonds. The lowest BCUT2D eigenvalue weighted by atomic mass is 10.1. The molecule has 0 unspecified atom stereocenters. The van der Waals surface area contributed by atoms with Crippen LogP contribution >= 0.6 is 23.2 Å². The van der Waals surface area contributed by atoms with Gasteiger partial charge in [-0.15, -0.1) is 0 Å². The Kier molecular flexibility index (Phi) is 10.6. The second kappa shape index (κ2) is 13.0. The second-order valence-corrected chi connectivity index (χ2v) is 9.62. The summed E-state index contributed by atoms with van der Waals surface area (Å²) in [5.41, 5.74) is 4.65. The SMILES string of the molecule is CC(C)(O)Cn1ccc(N)n1.CCO[C@@H](C)C[C@@H](C(=O)O)N1CC(Oc2cccc(Cl)c2Cl)=CC1=O. The van der Waals surface area contributed by atoms with Crippen molar-refractivity contribution in [3.63, 3.8) is 0 Å². The third-order valence-electron chi connectivity index (χ3n) is 4.93. The molecule has 4 N–H and O–H groups in total. The van der Waals surface area contributed by atoms with Crippen LogP contribution in [0.15, 0.2) is 42.3 Å². The molecule has 0 saturated heterocycles. The molecular formula is C24H32Cl2N4O6. The van der Waals surface area contributed by atoms with Crippen molar-refractivity contribution in [2.75, 3.05) is 18.9 Å². The molecule has 1 aliphatic rings. The molecule has 1 aromatic heterocycles. The smallest absolute Gasteiger partial charge is 0.326 e. The van der Waals surface area contributed by atoms with E-state index < -0.39 is 23.5 Å². The summed E-state index contributed by atoms with van der Waals surface area (Å²) in [6.07, 6.45) is 2.91. The van der Waals surface area contributed by atoms with Gasteiger partial charge in [0.05, 0.1) is 29.8 Å². The summed E-state index contributed by atoms with van der Waals surface area (Å²) in [7, 11) is 0. The number of halogens is 2. The molecule has 12 heteroatoms. The van der Waals surface area contributed by atoms with Crippen LogP contribution in [0.2, 0.25) is 10.0 Å². The van der Waals surface area contributed by atoms with E-state index in [1.54, 1.807) is 55.9 Å². The van der Waals surface area contributed by atoms with E-state index in [-0.39, 0.29) is 24.1 Å². The number of nitrogens with zero attached hydrogens (tertiary/aromatic N) is 3. The number of carbonyl (C=O) groups is 2. The number of benzene rings is 1. The number of carboxylic acids is 1. The molecule has 10 nitrogen and oxygen atoms in total. The third-order valence-corrected chi connectivity index (χ3v) is 5.73. The fourth-order valence-corrected chi connectivity index (χ4v) is 3.76. The van der Waals surface area contributed by atoms with Crippen LogP contribution in [0.5, 0.6) is 5.75 Å². The maximum Gasteiger partial charge on any atom is 0.326 e. The second-order valence-electron chi connectivity index (χ2n) is 8.84. The quantitative estimate of drug-likeness (QED) is 0.413. The van der Waals surface area contributed by atoms with Gasteiger partial charge in [0.2, 0.25) is 0 Å². The van der Waals surface area contributed by atoms with Crippen LogP contribution in [-0.4, -0.2) is 67.7 Å². The number of aliphatic hydroxyl groups is 1. The maximum absolute atomic E-state index is 12.2. The van der Waals surface area contributed by atoms with Gasteiger partial charge in [-0.05, 0) is 45.9 Å². The highest BCUT2D eigenvalue weighted by Crippen LogP contribution is 2.33. The average molecular weight is 543 g/mol.